The van der Waals surface area contributed by atoms with E-state index in [0.29, 0.717) is 6.61 Å². The van der Waals surface area contributed by atoms with E-state index in [2.05, 4.69) is 37.1 Å². The first-order chi connectivity index (χ1) is 13.1. The molecule has 4 heteroatoms. The summed E-state index contributed by atoms with van der Waals surface area (Å²) >= 11 is 0. The van der Waals surface area contributed by atoms with Crippen LogP contribution in [0.15, 0.2) is 48.5 Å². The van der Waals surface area contributed by atoms with Crippen LogP contribution in [0.25, 0.3) is 6.08 Å². The first-order valence-electron chi connectivity index (χ1n) is 9.64. The van der Waals surface area contributed by atoms with Crippen molar-refractivity contribution in [2.24, 2.45) is 0 Å². The summed E-state index contributed by atoms with van der Waals surface area (Å²) < 4.78 is 5.56. The van der Waals surface area contributed by atoms with Crippen molar-refractivity contribution in [3.8, 4) is 5.75 Å². The number of nitrogens with zero attached hydrogens (tertiary/aromatic N) is 1. The van der Waals surface area contributed by atoms with Gasteiger partial charge < -0.3 is 15.0 Å². The molecule has 2 aromatic carbocycles. The van der Waals surface area contributed by atoms with Crippen LogP contribution >= 0.6 is 0 Å². The predicted octanol–water partition coefficient (Wildman–Crippen LogP) is 5.28. The molecule has 0 aliphatic rings. The summed E-state index contributed by atoms with van der Waals surface area (Å²) in [5, 5.41) is 2.95. The van der Waals surface area contributed by atoms with E-state index in [1.54, 1.807) is 12.2 Å². The Hall–Kier alpha value is -2.75. The molecule has 0 heterocycles. The summed E-state index contributed by atoms with van der Waals surface area (Å²) in [6.07, 6.45) is 4.34. The van der Waals surface area contributed by atoms with Crippen molar-refractivity contribution in [3.63, 3.8) is 0 Å². The van der Waals surface area contributed by atoms with Crippen LogP contribution in [0.2, 0.25) is 0 Å². The van der Waals surface area contributed by atoms with Gasteiger partial charge in [-0.1, -0.05) is 19.1 Å². The highest BCUT2D eigenvalue weighted by Gasteiger charge is 2.06. The third-order valence-corrected chi connectivity index (χ3v) is 4.38. The molecule has 4 nitrogen and oxygen atoms in total. The van der Waals surface area contributed by atoms with Crippen LogP contribution in [0.4, 0.5) is 11.4 Å². The third kappa shape index (κ3) is 6.17. The highest BCUT2D eigenvalue weighted by molar-refractivity contribution is 6.02. The lowest BCUT2D eigenvalue weighted by molar-refractivity contribution is -0.111. The number of nitrogens with one attached hydrogen (secondary N) is 1. The fourth-order valence-corrected chi connectivity index (χ4v) is 2.81. The molecule has 27 heavy (non-hydrogen) atoms. The highest BCUT2D eigenvalue weighted by atomic mass is 16.5. The van der Waals surface area contributed by atoms with Crippen LogP contribution in [0, 0.1) is 6.92 Å². The summed E-state index contributed by atoms with van der Waals surface area (Å²) in [7, 11) is 0. The molecule has 144 valence electrons. The standard InChI is InChI=1S/C23H30N2O2/c1-5-16-27-21-12-8-19(9-13-21)10-15-23(26)24-22-14-11-20(17-18(22)4)25(6-2)7-3/h8-15,17H,5-7,16H2,1-4H3,(H,24,26)/b15-10+. The summed E-state index contributed by atoms with van der Waals surface area (Å²) in [6.45, 7) is 11.0. The summed E-state index contributed by atoms with van der Waals surface area (Å²) in [5.41, 5.74) is 4.03. The Morgan fingerprint density at radius 2 is 1.78 bits per heavy atom. The Kier molecular flexibility index (Phi) is 7.93. The second-order valence-electron chi connectivity index (χ2n) is 6.41. The van der Waals surface area contributed by atoms with Crippen molar-refractivity contribution in [1.29, 1.82) is 0 Å². The second-order valence-corrected chi connectivity index (χ2v) is 6.41. The van der Waals surface area contributed by atoms with E-state index >= 15 is 0 Å². The summed E-state index contributed by atoms with van der Waals surface area (Å²) in [4.78, 5) is 14.5. The number of hydrogen-bond acceptors (Lipinski definition) is 3. The van der Waals surface area contributed by atoms with Gasteiger partial charge in [-0.05, 0) is 74.7 Å². The largest absolute Gasteiger partial charge is 0.494 e. The minimum atomic E-state index is -0.139. The van der Waals surface area contributed by atoms with Crippen molar-refractivity contribution in [1.82, 2.24) is 0 Å². The van der Waals surface area contributed by atoms with Crippen molar-refractivity contribution in [3.05, 3.63) is 59.7 Å². The van der Waals surface area contributed by atoms with Crippen LogP contribution in [0.3, 0.4) is 0 Å². The number of rotatable bonds is 9. The van der Waals surface area contributed by atoms with Crippen molar-refractivity contribution >= 4 is 23.4 Å². The molecule has 0 fully saturated rings. The molecule has 0 aromatic heterocycles. The first kappa shape index (κ1) is 20.6. The highest BCUT2D eigenvalue weighted by Crippen LogP contribution is 2.22. The van der Waals surface area contributed by atoms with Gasteiger partial charge >= 0.3 is 0 Å². The van der Waals surface area contributed by atoms with E-state index in [1.165, 1.54) is 5.69 Å². The lowest BCUT2D eigenvalue weighted by Gasteiger charge is -2.22. The maximum atomic E-state index is 12.2. The predicted molar refractivity (Wildman–Crippen MR) is 115 cm³/mol. The molecule has 2 aromatic rings. The topological polar surface area (TPSA) is 41.6 Å². The monoisotopic (exact) mass is 366 g/mol. The van der Waals surface area contributed by atoms with Crippen molar-refractivity contribution in [2.75, 3.05) is 29.9 Å². The molecule has 0 aliphatic heterocycles. The molecule has 2 rings (SSSR count). The lowest BCUT2D eigenvalue weighted by Crippen LogP contribution is -2.22. The van der Waals surface area contributed by atoms with Crippen LogP contribution in [0.5, 0.6) is 5.75 Å². The van der Waals surface area contributed by atoms with Crippen molar-refractivity contribution < 1.29 is 9.53 Å². The molecular formula is C23H30N2O2. The average Bonchev–Trinajstić information content (AvgIpc) is 2.68. The molecule has 0 unspecified atom stereocenters. The molecule has 0 saturated carbocycles. The van der Waals surface area contributed by atoms with Gasteiger partial charge in [-0.3, -0.25) is 4.79 Å². The van der Waals surface area contributed by atoms with Gasteiger partial charge in [0.2, 0.25) is 5.91 Å². The Labute approximate surface area is 162 Å². The van der Waals surface area contributed by atoms with Gasteiger partial charge in [0.25, 0.3) is 0 Å². The molecule has 1 amide bonds. The summed E-state index contributed by atoms with van der Waals surface area (Å²) in [6, 6.07) is 13.9. The van der Waals surface area contributed by atoms with Gasteiger partial charge in [-0.2, -0.15) is 0 Å². The number of ether oxygens (including phenoxy) is 1. The third-order valence-electron chi connectivity index (χ3n) is 4.38. The number of carbonyl (C=O) groups is 1. The number of carbonyl (C=O) groups excluding carboxylic acids is 1. The fraction of sp³-hybridized carbons (Fsp3) is 0.348. The fourth-order valence-electron chi connectivity index (χ4n) is 2.81. The molecule has 1 N–H and O–H groups in total. The molecule has 0 aliphatic carbocycles. The maximum absolute atomic E-state index is 12.2. The SMILES string of the molecule is CCCOc1ccc(/C=C/C(=O)Nc2ccc(N(CC)CC)cc2C)cc1. The Morgan fingerprint density at radius 1 is 1.07 bits per heavy atom. The quantitative estimate of drug-likeness (QED) is 0.614. The Morgan fingerprint density at radius 3 is 2.37 bits per heavy atom. The van der Waals surface area contributed by atoms with E-state index < -0.39 is 0 Å². The minimum absolute atomic E-state index is 0.139. The normalized spacial score (nSPS) is 10.8. The summed E-state index contributed by atoms with van der Waals surface area (Å²) in [5.74, 6) is 0.711. The van der Waals surface area contributed by atoms with Gasteiger partial charge in [0.05, 0.1) is 6.61 Å². The van der Waals surface area contributed by atoms with Crippen LogP contribution in [-0.2, 0) is 4.79 Å². The maximum Gasteiger partial charge on any atom is 0.248 e. The van der Waals surface area contributed by atoms with Crippen LogP contribution < -0.4 is 15.0 Å². The Bertz CT molecular complexity index is 762. The van der Waals surface area contributed by atoms with Crippen LogP contribution in [0.1, 0.15) is 38.3 Å². The van der Waals surface area contributed by atoms with E-state index in [1.807, 2.05) is 43.3 Å². The zero-order chi connectivity index (χ0) is 19.6. The van der Waals surface area contributed by atoms with Gasteiger partial charge in [-0.25, -0.2) is 0 Å². The molecule has 0 spiro atoms. The zero-order valence-corrected chi connectivity index (χ0v) is 16.8. The van der Waals surface area contributed by atoms with Gasteiger partial charge in [0.15, 0.2) is 0 Å². The molecular weight excluding hydrogens is 336 g/mol. The van der Waals surface area contributed by atoms with Crippen molar-refractivity contribution in [2.45, 2.75) is 34.1 Å². The number of benzene rings is 2. The first-order valence-corrected chi connectivity index (χ1v) is 9.64. The van der Waals surface area contributed by atoms with Crippen LogP contribution in [-0.4, -0.2) is 25.6 Å². The Balaban J connectivity index is 1.97. The van der Waals surface area contributed by atoms with Gasteiger partial charge in [-0.15, -0.1) is 0 Å². The molecule has 0 saturated heterocycles. The van der Waals surface area contributed by atoms with E-state index in [4.69, 9.17) is 4.74 Å². The van der Waals surface area contributed by atoms with Gasteiger partial charge in [0.1, 0.15) is 5.75 Å². The number of aryl methyl sites for hydroxylation is 1. The van der Waals surface area contributed by atoms with Gasteiger partial charge in [0, 0.05) is 30.5 Å². The molecule has 0 bridgehead atoms. The minimum Gasteiger partial charge on any atom is -0.494 e. The van der Waals surface area contributed by atoms with E-state index in [-0.39, 0.29) is 5.91 Å². The molecule has 0 radical (unpaired) electrons. The lowest BCUT2D eigenvalue weighted by atomic mass is 10.1. The number of hydrogen-bond donors (Lipinski definition) is 1. The smallest absolute Gasteiger partial charge is 0.248 e. The number of anilines is 2. The second kappa shape index (κ2) is 10.4. The average molecular weight is 367 g/mol. The van der Waals surface area contributed by atoms with E-state index in [0.717, 1.165) is 42.1 Å². The molecule has 0 atom stereocenters. The zero-order valence-electron chi connectivity index (χ0n) is 16.8. The number of amides is 1. The van der Waals surface area contributed by atoms with E-state index in [9.17, 15) is 4.79 Å².